The van der Waals surface area contributed by atoms with Crippen molar-refractivity contribution < 1.29 is 23.8 Å². The molecule has 2 aromatic heterocycles. The highest BCUT2D eigenvalue weighted by molar-refractivity contribution is 7.99. The summed E-state index contributed by atoms with van der Waals surface area (Å²) in [6, 6.07) is 3.11. The van der Waals surface area contributed by atoms with Gasteiger partial charge < -0.3 is 15.2 Å². The number of aliphatic hydroxyl groups excluding tert-OH is 1. The van der Waals surface area contributed by atoms with Gasteiger partial charge in [-0.25, -0.2) is 9.37 Å². The number of ketones is 1. The lowest BCUT2D eigenvalue weighted by Crippen LogP contribution is -2.38. The quantitative estimate of drug-likeness (QED) is 0.418. The number of rotatable bonds is 11. The first-order valence-corrected chi connectivity index (χ1v) is 14.5. The summed E-state index contributed by atoms with van der Waals surface area (Å²) in [5, 5.41) is 16.6. The second-order valence-electron chi connectivity index (χ2n) is 9.91. The molecule has 2 fully saturated rings. The first-order chi connectivity index (χ1) is 18.0. The van der Waals surface area contributed by atoms with Crippen molar-refractivity contribution in [1.82, 2.24) is 20.1 Å². The zero-order chi connectivity index (χ0) is 26.2. The summed E-state index contributed by atoms with van der Waals surface area (Å²) in [7, 11) is 0. The van der Waals surface area contributed by atoms with Gasteiger partial charge in [-0.15, -0.1) is 0 Å². The zero-order valence-corrected chi connectivity index (χ0v) is 22.3. The van der Waals surface area contributed by atoms with Gasteiger partial charge in [-0.1, -0.05) is 6.92 Å². The SMILES string of the molecule is CCc1cc(C(=O)NC2CCC(CCC(=O)c3cc(F)cnc3OC3CCSCC3)CC2)nn1CCO. The van der Waals surface area contributed by atoms with Crippen LogP contribution in [0.25, 0.3) is 0 Å². The van der Waals surface area contributed by atoms with Crippen molar-refractivity contribution in [3.05, 3.63) is 41.1 Å². The van der Waals surface area contributed by atoms with Crippen molar-refractivity contribution in [3.63, 3.8) is 0 Å². The summed E-state index contributed by atoms with van der Waals surface area (Å²) < 4.78 is 21.6. The largest absolute Gasteiger partial charge is 0.474 e. The Morgan fingerprint density at radius 2 is 1.95 bits per heavy atom. The van der Waals surface area contributed by atoms with Crippen molar-refractivity contribution in [2.45, 2.75) is 83.4 Å². The minimum atomic E-state index is -0.529. The van der Waals surface area contributed by atoms with Crippen molar-refractivity contribution >= 4 is 23.5 Å². The Morgan fingerprint density at radius 3 is 2.65 bits per heavy atom. The number of aryl methyl sites for hydroxylation is 1. The first-order valence-electron chi connectivity index (χ1n) is 13.4. The zero-order valence-electron chi connectivity index (χ0n) is 21.5. The van der Waals surface area contributed by atoms with Crippen LogP contribution >= 0.6 is 11.8 Å². The topological polar surface area (TPSA) is 106 Å². The van der Waals surface area contributed by atoms with Gasteiger partial charge in [0.05, 0.1) is 24.9 Å². The average Bonchev–Trinajstić information content (AvgIpc) is 3.33. The van der Waals surface area contributed by atoms with Gasteiger partial charge in [-0.3, -0.25) is 14.3 Å². The fraction of sp³-hybridized carbons (Fsp3) is 0.630. The van der Waals surface area contributed by atoms with Crippen molar-refractivity contribution in [2.24, 2.45) is 5.92 Å². The van der Waals surface area contributed by atoms with E-state index in [1.165, 1.54) is 6.07 Å². The lowest BCUT2D eigenvalue weighted by Gasteiger charge is -2.29. The molecule has 2 aliphatic rings. The molecule has 0 radical (unpaired) electrons. The van der Waals surface area contributed by atoms with Crippen LogP contribution < -0.4 is 10.1 Å². The molecule has 10 heteroatoms. The maximum Gasteiger partial charge on any atom is 0.272 e. The minimum absolute atomic E-state index is 0.0215. The fourth-order valence-corrected chi connectivity index (χ4v) is 6.20. The fourth-order valence-electron chi connectivity index (χ4n) is 5.14. The Bertz CT molecular complexity index is 1060. The summed E-state index contributed by atoms with van der Waals surface area (Å²) in [4.78, 5) is 29.8. The lowest BCUT2D eigenvalue weighted by molar-refractivity contribution is 0.0914. The van der Waals surface area contributed by atoms with E-state index in [0.717, 1.165) is 74.8 Å². The molecule has 4 rings (SSSR count). The highest BCUT2D eigenvalue weighted by Gasteiger charge is 2.26. The monoisotopic (exact) mass is 532 g/mol. The third-order valence-electron chi connectivity index (χ3n) is 7.30. The number of nitrogens with zero attached hydrogens (tertiary/aromatic N) is 3. The Hall–Kier alpha value is -2.46. The normalized spacial score (nSPS) is 20.5. The van der Waals surface area contributed by atoms with Gasteiger partial charge in [-0.2, -0.15) is 16.9 Å². The number of pyridine rings is 1. The molecule has 0 bridgehead atoms. The molecule has 0 unspecified atom stereocenters. The van der Waals surface area contributed by atoms with Gasteiger partial charge in [-0.05, 0) is 80.9 Å². The van der Waals surface area contributed by atoms with Crippen LogP contribution in [0.2, 0.25) is 0 Å². The molecule has 1 saturated heterocycles. The molecule has 8 nitrogen and oxygen atoms in total. The Kier molecular flexibility index (Phi) is 9.96. The molecule has 1 amide bonds. The molecule has 1 aliphatic carbocycles. The maximum absolute atomic E-state index is 13.9. The van der Waals surface area contributed by atoms with Crippen LogP contribution in [-0.2, 0) is 13.0 Å². The van der Waals surface area contributed by atoms with Crippen LogP contribution in [0.5, 0.6) is 5.88 Å². The molecular weight excluding hydrogens is 495 g/mol. The number of aromatic nitrogens is 3. The summed E-state index contributed by atoms with van der Waals surface area (Å²) >= 11 is 1.89. The average molecular weight is 533 g/mol. The van der Waals surface area contributed by atoms with E-state index in [1.54, 1.807) is 10.7 Å². The van der Waals surface area contributed by atoms with Crippen LogP contribution in [0.1, 0.15) is 84.8 Å². The number of Topliss-reactive ketones (excluding diaryl/α,β-unsaturated/α-hetero) is 1. The third kappa shape index (κ3) is 7.54. The molecule has 37 heavy (non-hydrogen) atoms. The molecular formula is C27H37FN4O4S. The molecule has 0 atom stereocenters. The number of hydrogen-bond donors (Lipinski definition) is 2. The number of ether oxygens (including phenoxy) is 1. The van der Waals surface area contributed by atoms with E-state index < -0.39 is 5.82 Å². The molecule has 1 saturated carbocycles. The number of carbonyl (C=O) groups excluding carboxylic acids is 2. The summed E-state index contributed by atoms with van der Waals surface area (Å²) in [6.45, 7) is 2.35. The summed E-state index contributed by atoms with van der Waals surface area (Å²) in [5.41, 5.74) is 1.55. The van der Waals surface area contributed by atoms with Gasteiger partial charge in [0.25, 0.3) is 5.91 Å². The first kappa shape index (κ1) is 27.6. The second-order valence-corrected chi connectivity index (χ2v) is 11.1. The van der Waals surface area contributed by atoms with Crippen LogP contribution in [0.4, 0.5) is 4.39 Å². The summed E-state index contributed by atoms with van der Waals surface area (Å²) in [6.07, 6.45) is 8.26. The number of hydrogen-bond acceptors (Lipinski definition) is 7. The minimum Gasteiger partial charge on any atom is -0.474 e. The molecule has 0 spiro atoms. The van der Waals surface area contributed by atoms with E-state index >= 15 is 0 Å². The van der Waals surface area contributed by atoms with Gasteiger partial charge in [0.15, 0.2) is 5.78 Å². The van der Waals surface area contributed by atoms with Crippen molar-refractivity contribution in [3.8, 4) is 5.88 Å². The lowest BCUT2D eigenvalue weighted by atomic mass is 9.82. The maximum atomic E-state index is 13.9. The van der Waals surface area contributed by atoms with Gasteiger partial charge in [0.2, 0.25) is 5.88 Å². The number of nitrogens with one attached hydrogen (secondary N) is 1. The van der Waals surface area contributed by atoms with E-state index in [0.29, 0.717) is 24.6 Å². The van der Waals surface area contributed by atoms with Crippen molar-refractivity contribution in [1.29, 1.82) is 0 Å². The second kappa shape index (κ2) is 13.4. The predicted octanol–water partition coefficient (Wildman–Crippen LogP) is 4.20. The van der Waals surface area contributed by atoms with E-state index in [2.05, 4.69) is 15.4 Å². The Balaban J connectivity index is 1.25. The van der Waals surface area contributed by atoms with Crippen molar-refractivity contribution in [2.75, 3.05) is 18.1 Å². The standard InChI is InChI=1S/C27H37FN4O4S/c1-2-21-16-24(31-32(21)11-12-33)26(35)30-20-6-3-18(4-7-20)5-8-25(34)23-15-19(28)17-29-27(23)36-22-9-13-37-14-10-22/h15-18,20,22,33H,2-14H2,1H3,(H,30,35). The number of thioether (sulfide) groups is 1. The molecule has 1 aliphatic heterocycles. The Morgan fingerprint density at radius 1 is 1.19 bits per heavy atom. The third-order valence-corrected chi connectivity index (χ3v) is 8.35. The van der Waals surface area contributed by atoms with E-state index in [9.17, 15) is 19.1 Å². The van der Waals surface area contributed by atoms with Gasteiger partial charge >= 0.3 is 0 Å². The van der Waals surface area contributed by atoms with Crippen LogP contribution in [-0.4, -0.2) is 61.8 Å². The van der Waals surface area contributed by atoms with E-state index in [4.69, 9.17) is 4.74 Å². The number of halogens is 1. The van der Waals surface area contributed by atoms with E-state index in [-0.39, 0.29) is 41.9 Å². The molecule has 2 aromatic rings. The highest BCUT2D eigenvalue weighted by atomic mass is 32.2. The van der Waals surface area contributed by atoms with Crippen LogP contribution in [0.15, 0.2) is 18.3 Å². The number of aliphatic hydroxyl groups is 1. The van der Waals surface area contributed by atoms with E-state index in [1.807, 2.05) is 18.7 Å². The van der Waals surface area contributed by atoms with Gasteiger partial charge in [0, 0.05) is 18.2 Å². The molecule has 0 aromatic carbocycles. The Labute approximate surface area is 221 Å². The van der Waals surface area contributed by atoms with Crippen LogP contribution in [0, 0.1) is 11.7 Å². The number of carbonyl (C=O) groups is 2. The highest BCUT2D eigenvalue weighted by Crippen LogP contribution is 2.30. The smallest absolute Gasteiger partial charge is 0.272 e. The predicted molar refractivity (Wildman–Crippen MR) is 141 cm³/mol. The molecule has 202 valence electrons. The van der Waals surface area contributed by atoms with Gasteiger partial charge in [0.1, 0.15) is 17.6 Å². The van der Waals surface area contributed by atoms with Crippen LogP contribution in [0.3, 0.4) is 0 Å². The molecule has 2 N–H and O–H groups in total. The molecule has 3 heterocycles. The summed E-state index contributed by atoms with van der Waals surface area (Å²) in [5.74, 6) is 1.82. The number of amides is 1.